The van der Waals surface area contributed by atoms with Crippen molar-refractivity contribution in [1.29, 1.82) is 0 Å². The molecule has 0 bridgehead atoms. The quantitative estimate of drug-likeness (QED) is 0.790. The molecule has 1 unspecified atom stereocenters. The van der Waals surface area contributed by atoms with Crippen LogP contribution in [-0.2, 0) is 12.6 Å². The number of rotatable bonds is 2. The Morgan fingerprint density at radius 3 is 2.53 bits per heavy atom. The molecular formula is C13H14F3N. The minimum Gasteiger partial charge on any atom is -0.324 e. The van der Waals surface area contributed by atoms with Crippen molar-refractivity contribution < 1.29 is 13.2 Å². The van der Waals surface area contributed by atoms with Crippen LogP contribution in [0.25, 0.3) is 0 Å². The predicted molar refractivity (Wildman–Crippen MR) is 60.4 cm³/mol. The molecule has 2 rings (SSSR count). The van der Waals surface area contributed by atoms with Gasteiger partial charge in [0.25, 0.3) is 0 Å². The van der Waals surface area contributed by atoms with E-state index >= 15 is 0 Å². The first-order chi connectivity index (χ1) is 7.97. The fraction of sp³-hybridized carbons (Fsp3) is 0.385. The van der Waals surface area contributed by atoms with Crippen molar-refractivity contribution in [2.75, 3.05) is 0 Å². The van der Waals surface area contributed by atoms with Gasteiger partial charge in [-0.2, -0.15) is 13.2 Å². The summed E-state index contributed by atoms with van der Waals surface area (Å²) < 4.78 is 38.3. The van der Waals surface area contributed by atoms with Gasteiger partial charge in [-0.05, 0) is 30.9 Å². The highest BCUT2D eigenvalue weighted by Crippen LogP contribution is 2.33. The largest absolute Gasteiger partial charge is 0.416 e. The van der Waals surface area contributed by atoms with Crippen molar-refractivity contribution in [3.05, 3.63) is 47.0 Å². The van der Waals surface area contributed by atoms with Crippen LogP contribution in [-0.4, -0.2) is 6.04 Å². The van der Waals surface area contributed by atoms with Gasteiger partial charge in [0.05, 0.1) is 5.56 Å². The number of allylic oxidation sites excluding steroid dienone is 1. The van der Waals surface area contributed by atoms with E-state index in [0.29, 0.717) is 12.0 Å². The zero-order valence-corrected chi connectivity index (χ0v) is 9.30. The number of halogens is 3. The first-order valence-electron chi connectivity index (χ1n) is 5.57. The highest BCUT2D eigenvalue weighted by atomic mass is 19.4. The van der Waals surface area contributed by atoms with E-state index in [4.69, 9.17) is 5.73 Å². The van der Waals surface area contributed by atoms with Crippen molar-refractivity contribution in [3.8, 4) is 0 Å². The Morgan fingerprint density at radius 1 is 1.24 bits per heavy atom. The topological polar surface area (TPSA) is 26.0 Å². The van der Waals surface area contributed by atoms with E-state index < -0.39 is 11.7 Å². The van der Waals surface area contributed by atoms with Crippen molar-refractivity contribution >= 4 is 0 Å². The molecule has 0 spiro atoms. The molecule has 1 aliphatic carbocycles. The van der Waals surface area contributed by atoms with Gasteiger partial charge in [0, 0.05) is 6.04 Å². The average molecular weight is 241 g/mol. The molecule has 0 fully saturated rings. The van der Waals surface area contributed by atoms with E-state index in [0.717, 1.165) is 24.5 Å². The molecule has 1 nitrogen and oxygen atoms in total. The van der Waals surface area contributed by atoms with Crippen LogP contribution in [0.3, 0.4) is 0 Å². The number of benzene rings is 1. The second kappa shape index (κ2) is 4.53. The molecule has 17 heavy (non-hydrogen) atoms. The Bertz CT molecular complexity index is 435. The molecule has 0 saturated carbocycles. The standard InChI is InChI=1S/C13H14F3N/c14-13(15,16)12-4-2-1-3-10(12)7-9-5-6-11(17)8-9/h1-4,8,11H,5-7,17H2. The zero-order valence-electron chi connectivity index (χ0n) is 9.30. The van der Waals surface area contributed by atoms with Gasteiger partial charge in [0.2, 0.25) is 0 Å². The van der Waals surface area contributed by atoms with Gasteiger partial charge in [-0.15, -0.1) is 0 Å². The summed E-state index contributed by atoms with van der Waals surface area (Å²) in [5.74, 6) is 0. The third kappa shape index (κ3) is 2.88. The highest BCUT2D eigenvalue weighted by Gasteiger charge is 2.33. The van der Waals surface area contributed by atoms with Crippen molar-refractivity contribution in [1.82, 2.24) is 0 Å². The van der Waals surface area contributed by atoms with Crippen molar-refractivity contribution in [3.63, 3.8) is 0 Å². The third-order valence-corrected chi connectivity index (χ3v) is 2.99. The average Bonchev–Trinajstić information content (AvgIpc) is 2.63. The second-order valence-corrected chi connectivity index (χ2v) is 4.36. The van der Waals surface area contributed by atoms with E-state index in [2.05, 4.69) is 0 Å². The van der Waals surface area contributed by atoms with E-state index in [9.17, 15) is 13.2 Å². The molecule has 0 radical (unpaired) electrons. The lowest BCUT2D eigenvalue weighted by Crippen LogP contribution is -2.12. The van der Waals surface area contributed by atoms with Crippen LogP contribution in [0, 0.1) is 0 Å². The Balaban J connectivity index is 2.24. The van der Waals surface area contributed by atoms with Crippen LogP contribution in [0.5, 0.6) is 0 Å². The summed E-state index contributed by atoms with van der Waals surface area (Å²) in [6.07, 6.45) is -0.411. The van der Waals surface area contributed by atoms with Gasteiger partial charge >= 0.3 is 6.18 Å². The van der Waals surface area contributed by atoms with Crippen LogP contribution in [0.2, 0.25) is 0 Å². The van der Waals surface area contributed by atoms with E-state index in [1.54, 1.807) is 6.07 Å². The third-order valence-electron chi connectivity index (χ3n) is 2.99. The number of hydrogen-bond donors (Lipinski definition) is 1. The minimum absolute atomic E-state index is 0.00282. The van der Waals surface area contributed by atoms with Gasteiger partial charge in [-0.25, -0.2) is 0 Å². The lowest BCUT2D eigenvalue weighted by atomic mass is 9.99. The van der Waals surface area contributed by atoms with Crippen LogP contribution in [0.15, 0.2) is 35.9 Å². The number of hydrogen-bond acceptors (Lipinski definition) is 1. The molecular weight excluding hydrogens is 227 g/mol. The summed E-state index contributed by atoms with van der Waals surface area (Å²) in [5, 5.41) is 0. The SMILES string of the molecule is NC1C=C(Cc2ccccc2C(F)(F)F)CC1. The first-order valence-corrected chi connectivity index (χ1v) is 5.57. The van der Waals surface area contributed by atoms with Gasteiger partial charge < -0.3 is 5.73 Å². The summed E-state index contributed by atoms with van der Waals surface area (Å²) in [7, 11) is 0. The summed E-state index contributed by atoms with van der Waals surface area (Å²) >= 11 is 0. The molecule has 0 saturated heterocycles. The number of nitrogens with two attached hydrogens (primary N) is 1. The maximum absolute atomic E-state index is 12.8. The van der Waals surface area contributed by atoms with Crippen LogP contribution >= 0.6 is 0 Å². The van der Waals surface area contributed by atoms with E-state index in [-0.39, 0.29) is 6.04 Å². The Kier molecular flexibility index (Phi) is 3.24. The molecule has 4 heteroatoms. The normalized spacial score (nSPS) is 20.5. The van der Waals surface area contributed by atoms with Crippen LogP contribution < -0.4 is 5.73 Å². The summed E-state index contributed by atoms with van der Waals surface area (Å²) in [6.45, 7) is 0. The monoisotopic (exact) mass is 241 g/mol. The van der Waals surface area contributed by atoms with Crippen LogP contribution in [0.1, 0.15) is 24.0 Å². The Labute approximate surface area is 98.1 Å². The lowest BCUT2D eigenvalue weighted by molar-refractivity contribution is -0.138. The Hall–Kier alpha value is -1.29. The van der Waals surface area contributed by atoms with E-state index in [1.807, 2.05) is 6.08 Å². The fourth-order valence-corrected chi connectivity index (χ4v) is 2.16. The highest BCUT2D eigenvalue weighted by molar-refractivity contribution is 5.34. The van der Waals surface area contributed by atoms with E-state index in [1.165, 1.54) is 12.1 Å². The summed E-state index contributed by atoms with van der Waals surface area (Å²) in [5.41, 5.74) is 6.51. The maximum Gasteiger partial charge on any atom is 0.416 e. The van der Waals surface area contributed by atoms with Gasteiger partial charge in [0.1, 0.15) is 0 Å². The minimum atomic E-state index is -4.28. The number of alkyl halides is 3. The second-order valence-electron chi connectivity index (χ2n) is 4.36. The van der Waals surface area contributed by atoms with Crippen molar-refractivity contribution in [2.24, 2.45) is 5.73 Å². The molecule has 2 N–H and O–H groups in total. The summed E-state index contributed by atoms with van der Waals surface area (Å²) in [6, 6.07) is 5.72. The summed E-state index contributed by atoms with van der Waals surface area (Å²) in [4.78, 5) is 0. The molecule has 92 valence electrons. The lowest BCUT2D eigenvalue weighted by Gasteiger charge is -2.12. The molecule has 0 aliphatic heterocycles. The predicted octanol–water partition coefficient (Wildman–Crippen LogP) is 3.30. The van der Waals surface area contributed by atoms with Crippen LogP contribution in [0.4, 0.5) is 13.2 Å². The van der Waals surface area contributed by atoms with Gasteiger partial charge in [0.15, 0.2) is 0 Å². The van der Waals surface area contributed by atoms with Gasteiger partial charge in [-0.1, -0.05) is 29.8 Å². The fourth-order valence-electron chi connectivity index (χ4n) is 2.16. The maximum atomic E-state index is 12.8. The zero-order chi connectivity index (χ0) is 12.5. The molecule has 1 atom stereocenters. The molecule has 1 aliphatic rings. The van der Waals surface area contributed by atoms with Crippen molar-refractivity contribution in [2.45, 2.75) is 31.5 Å². The first kappa shape index (κ1) is 12.2. The molecule has 0 amide bonds. The molecule has 1 aromatic carbocycles. The molecule has 0 aromatic heterocycles. The molecule has 1 aromatic rings. The van der Waals surface area contributed by atoms with Gasteiger partial charge in [-0.3, -0.25) is 0 Å². The Morgan fingerprint density at radius 2 is 1.94 bits per heavy atom. The molecule has 0 heterocycles. The smallest absolute Gasteiger partial charge is 0.324 e.